The number of thiocarbonyl (C=S) groups is 1. The van der Waals surface area contributed by atoms with E-state index < -0.39 is 5.92 Å². The average molecular weight is 501 g/mol. The fraction of sp³-hybridized carbons (Fsp3) is 0.286. The first-order valence-corrected chi connectivity index (χ1v) is 12.5. The van der Waals surface area contributed by atoms with Gasteiger partial charge in [0.15, 0.2) is 0 Å². The molecule has 3 aliphatic rings. The number of hydrogen-bond acceptors (Lipinski definition) is 5. The van der Waals surface area contributed by atoms with E-state index in [1.807, 2.05) is 61.5 Å². The molecule has 0 spiro atoms. The van der Waals surface area contributed by atoms with Gasteiger partial charge in [0.2, 0.25) is 11.0 Å². The van der Waals surface area contributed by atoms with Gasteiger partial charge in [0.25, 0.3) is 5.91 Å². The van der Waals surface area contributed by atoms with E-state index in [9.17, 15) is 9.59 Å². The molecule has 2 amide bonds. The highest BCUT2D eigenvalue weighted by Gasteiger charge is 2.35. The molecule has 8 heteroatoms. The molecule has 0 bridgehead atoms. The van der Waals surface area contributed by atoms with Crippen molar-refractivity contribution < 1.29 is 14.3 Å². The lowest BCUT2D eigenvalue weighted by atomic mass is 9.93. The monoisotopic (exact) mass is 500 g/mol. The molecule has 0 saturated carbocycles. The van der Waals surface area contributed by atoms with Crippen LogP contribution in [-0.4, -0.2) is 58.7 Å². The molecule has 36 heavy (non-hydrogen) atoms. The summed E-state index contributed by atoms with van der Waals surface area (Å²) in [5.74, 6) is -0.679. The van der Waals surface area contributed by atoms with Crippen LogP contribution in [0.3, 0.4) is 0 Å². The first-order valence-electron chi connectivity index (χ1n) is 12.1. The molecular formula is C28H28N4O3S. The molecule has 7 nitrogen and oxygen atoms in total. The van der Waals surface area contributed by atoms with E-state index in [4.69, 9.17) is 17.0 Å². The van der Waals surface area contributed by atoms with Gasteiger partial charge < -0.3 is 15.0 Å². The molecule has 1 atom stereocenters. The summed E-state index contributed by atoms with van der Waals surface area (Å²) in [6.45, 7) is 5.77. The predicted molar refractivity (Wildman–Crippen MR) is 142 cm³/mol. The molecule has 2 heterocycles. The third-order valence-electron chi connectivity index (χ3n) is 6.58. The van der Waals surface area contributed by atoms with Crippen molar-refractivity contribution in [3.63, 3.8) is 0 Å². The maximum atomic E-state index is 13.4. The number of rotatable bonds is 6. The number of amides is 2. The number of morpholine rings is 1. The van der Waals surface area contributed by atoms with E-state index in [2.05, 4.69) is 15.2 Å². The Hall–Kier alpha value is -3.62. The van der Waals surface area contributed by atoms with Gasteiger partial charge in [-0.2, -0.15) is 0 Å². The van der Waals surface area contributed by atoms with Crippen LogP contribution >= 0.6 is 12.2 Å². The number of ether oxygens (including phenoxy) is 1. The molecule has 184 valence electrons. The Morgan fingerprint density at radius 1 is 1.06 bits per heavy atom. The maximum Gasteiger partial charge on any atom is 0.251 e. The standard InChI is InChI=1S/C28H28N4O3S/c1-19-2-4-20(5-3-19)17-29-26(33)22-8-6-21(7-9-22)18-32-27(34)24-16-23(31-12-14-35-15-13-31)10-11-25(24)30-28(32)36/h2-11,16,24H,12-15,17-18H2,1H3,(H,29,33). The van der Waals surface area contributed by atoms with Crippen LogP contribution in [0.15, 0.2) is 77.4 Å². The summed E-state index contributed by atoms with van der Waals surface area (Å²) in [4.78, 5) is 34.3. The van der Waals surface area contributed by atoms with Crippen molar-refractivity contribution in [2.75, 3.05) is 26.3 Å². The van der Waals surface area contributed by atoms with Crippen LogP contribution in [0.2, 0.25) is 0 Å². The lowest BCUT2D eigenvalue weighted by Gasteiger charge is -2.35. The lowest BCUT2D eigenvalue weighted by Crippen LogP contribution is -2.46. The second-order valence-electron chi connectivity index (χ2n) is 9.11. The molecule has 2 aliphatic heterocycles. The Morgan fingerprint density at radius 2 is 1.75 bits per heavy atom. The summed E-state index contributed by atoms with van der Waals surface area (Å²) in [6, 6.07) is 15.3. The van der Waals surface area contributed by atoms with Crippen LogP contribution in [0, 0.1) is 12.8 Å². The molecule has 5 rings (SSSR count). The molecule has 1 N–H and O–H groups in total. The Morgan fingerprint density at radius 3 is 2.47 bits per heavy atom. The van der Waals surface area contributed by atoms with Crippen molar-refractivity contribution in [3.8, 4) is 0 Å². The van der Waals surface area contributed by atoms with Gasteiger partial charge in [0.1, 0.15) is 5.92 Å². The van der Waals surface area contributed by atoms with E-state index in [-0.39, 0.29) is 16.9 Å². The highest BCUT2D eigenvalue weighted by atomic mass is 32.1. The van der Waals surface area contributed by atoms with Gasteiger partial charge in [-0.25, -0.2) is 4.99 Å². The normalized spacial score (nSPS) is 19.5. The van der Waals surface area contributed by atoms with Crippen molar-refractivity contribution in [1.82, 2.24) is 15.1 Å². The van der Waals surface area contributed by atoms with E-state index >= 15 is 0 Å². The van der Waals surface area contributed by atoms with Crippen molar-refractivity contribution in [3.05, 3.63) is 94.7 Å². The summed E-state index contributed by atoms with van der Waals surface area (Å²) in [5, 5.41) is 3.21. The molecule has 1 saturated heterocycles. The Bertz CT molecular complexity index is 1260. The number of nitrogens with zero attached hydrogens (tertiary/aromatic N) is 3. The number of hydrogen-bond donors (Lipinski definition) is 1. The molecular weight excluding hydrogens is 472 g/mol. The van der Waals surface area contributed by atoms with Gasteiger partial charge in [-0.05, 0) is 60.6 Å². The minimum atomic E-state index is -0.452. The minimum Gasteiger partial charge on any atom is -0.378 e. The smallest absolute Gasteiger partial charge is 0.251 e. The molecule has 2 aromatic carbocycles. The first-order chi connectivity index (χ1) is 17.5. The maximum absolute atomic E-state index is 13.4. The number of nitrogens with one attached hydrogen (secondary N) is 1. The third-order valence-corrected chi connectivity index (χ3v) is 6.89. The molecule has 1 aliphatic carbocycles. The predicted octanol–water partition coefficient (Wildman–Crippen LogP) is 3.40. The Kier molecular flexibility index (Phi) is 7.06. The van der Waals surface area contributed by atoms with Crippen LogP contribution in [-0.2, 0) is 22.6 Å². The summed E-state index contributed by atoms with van der Waals surface area (Å²) in [5.41, 5.74) is 5.37. The minimum absolute atomic E-state index is 0.0833. The molecule has 0 radical (unpaired) electrons. The number of fused-ring (bicyclic) bond motifs is 1. The van der Waals surface area contributed by atoms with Gasteiger partial charge in [0.05, 0.1) is 25.5 Å². The van der Waals surface area contributed by atoms with E-state index in [0.717, 1.165) is 29.9 Å². The zero-order chi connectivity index (χ0) is 25.1. The number of carbonyl (C=O) groups excluding carboxylic acids is 2. The summed E-state index contributed by atoms with van der Waals surface area (Å²) in [6.07, 6.45) is 5.86. The van der Waals surface area contributed by atoms with Gasteiger partial charge in [-0.3, -0.25) is 14.5 Å². The van der Waals surface area contributed by atoms with Crippen LogP contribution in [0.4, 0.5) is 0 Å². The SMILES string of the molecule is Cc1ccc(CNC(=O)c2ccc(CN3C(=O)C4C=C(N5CCOCC5)C=CC4=NC3=S)cc2)cc1. The zero-order valence-corrected chi connectivity index (χ0v) is 21.0. The summed E-state index contributed by atoms with van der Waals surface area (Å²) < 4.78 is 5.44. The van der Waals surface area contributed by atoms with Crippen molar-refractivity contribution in [2.24, 2.45) is 10.9 Å². The highest BCUT2D eigenvalue weighted by Crippen LogP contribution is 2.26. The average Bonchev–Trinajstić information content (AvgIpc) is 2.91. The van der Waals surface area contributed by atoms with Crippen LogP contribution in [0.25, 0.3) is 0 Å². The van der Waals surface area contributed by atoms with Gasteiger partial charge in [-0.1, -0.05) is 42.0 Å². The summed E-state index contributed by atoms with van der Waals surface area (Å²) in [7, 11) is 0. The van der Waals surface area contributed by atoms with Crippen molar-refractivity contribution in [2.45, 2.75) is 20.0 Å². The fourth-order valence-electron chi connectivity index (χ4n) is 4.44. The highest BCUT2D eigenvalue weighted by molar-refractivity contribution is 7.80. The quantitative estimate of drug-likeness (QED) is 0.616. The first kappa shape index (κ1) is 24.1. The lowest BCUT2D eigenvalue weighted by molar-refractivity contribution is -0.129. The Labute approximate surface area is 216 Å². The third kappa shape index (κ3) is 5.29. The van der Waals surface area contributed by atoms with Crippen LogP contribution < -0.4 is 5.32 Å². The number of allylic oxidation sites excluding steroid dienone is 2. The Balaban J connectivity index is 1.23. The molecule has 1 fully saturated rings. The zero-order valence-electron chi connectivity index (χ0n) is 20.1. The second kappa shape index (κ2) is 10.6. The van der Waals surface area contributed by atoms with Crippen LogP contribution in [0.5, 0.6) is 0 Å². The fourth-order valence-corrected chi connectivity index (χ4v) is 4.70. The molecule has 1 unspecified atom stereocenters. The van der Waals surface area contributed by atoms with E-state index in [1.54, 1.807) is 17.0 Å². The van der Waals surface area contributed by atoms with Crippen molar-refractivity contribution >= 4 is 34.9 Å². The van der Waals surface area contributed by atoms with E-state index in [1.165, 1.54) is 5.56 Å². The number of aryl methyl sites for hydroxylation is 1. The van der Waals surface area contributed by atoms with Crippen LogP contribution in [0.1, 0.15) is 27.0 Å². The summed E-state index contributed by atoms with van der Waals surface area (Å²) >= 11 is 5.45. The number of aliphatic imine (C=N–C) groups is 1. The number of carbonyl (C=O) groups is 2. The van der Waals surface area contributed by atoms with Crippen molar-refractivity contribution in [1.29, 1.82) is 0 Å². The molecule has 0 aromatic heterocycles. The number of benzene rings is 2. The van der Waals surface area contributed by atoms with E-state index in [0.29, 0.717) is 37.6 Å². The second-order valence-corrected chi connectivity index (χ2v) is 9.48. The van der Waals surface area contributed by atoms with Gasteiger partial charge in [-0.15, -0.1) is 0 Å². The molecule has 2 aromatic rings. The largest absolute Gasteiger partial charge is 0.378 e. The topological polar surface area (TPSA) is 74.2 Å². The van der Waals surface area contributed by atoms with Gasteiger partial charge in [0, 0.05) is 30.9 Å². The van der Waals surface area contributed by atoms with Gasteiger partial charge >= 0.3 is 0 Å².